The van der Waals surface area contributed by atoms with Gasteiger partial charge in [-0.25, -0.2) is 19.9 Å². The molecule has 2 heterocycles. The van der Waals surface area contributed by atoms with E-state index in [1.54, 1.807) is 0 Å². The van der Waals surface area contributed by atoms with Gasteiger partial charge in [-0.3, -0.25) is 0 Å². The Morgan fingerprint density at radius 1 is 0.258 bits per heavy atom. The summed E-state index contributed by atoms with van der Waals surface area (Å²) in [6, 6.07) is 78.7. The second-order valence-electron chi connectivity index (χ2n) is 15.0. The first-order valence-corrected chi connectivity index (χ1v) is 20.5. The lowest BCUT2D eigenvalue weighted by atomic mass is 9.93. The van der Waals surface area contributed by atoms with E-state index in [1.165, 1.54) is 0 Å². The van der Waals surface area contributed by atoms with Crippen LogP contribution in [0.25, 0.3) is 101 Å². The fourth-order valence-corrected chi connectivity index (χ4v) is 7.77. The highest BCUT2D eigenvalue weighted by Gasteiger charge is 2.16. The highest BCUT2D eigenvalue weighted by Crippen LogP contribution is 2.37. The van der Waals surface area contributed by atoms with E-state index in [0.29, 0.717) is 17.2 Å². The van der Waals surface area contributed by atoms with Gasteiger partial charge < -0.3 is 0 Å². The minimum absolute atomic E-state index is 0.633. The third-order valence-corrected chi connectivity index (χ3v) is 11.0. The summed E-state index contributed by atoms with van der Waals surface area (Å²) < 4.78 is 0. The van der Waals surface area contributed by atoms with Crippen molar-refractivity contribution in [2.45, 2.75) is 0 Å². The van der Waals surface area contributed by atoms with Crippen LogP contribution in [0.15, 0.2) is 224 Å². The van der Waals surface area contributed by atoms with Gasteiger partial charge in [0.1, 0.15) is 0 Å². The van der Waals surface area contributed by atoms with Crippen molar-refractivity contribution < 1.29 is 0 Å². The minimum atomic E-state index is 0.633. The minimum Gasteiger partial charge on any atom is -0.228 e. The van der Waals surface area contributed by atoms with Gasteiger partial charge >= 0.3 is 0 Å². The molecule has 0 spiro atoms. The van der Waals surface area contributed by atoms with Gasteiger partial charge in [-0.15, -0.1) is 0 Å². The summed E-state index contributed by atoms with van der Waals surface area (Å²) in [5.74, 6) is 1.35. The van der Waals surface area contributed by atoms with E-state index in [-0.39, 0.29) is 0 Å². The molecule has 0 bridgehead atoms. The molecule has 5 heteroatoms. The van der Waals surface area contributed by atoms with Crippen molar-refractivity contribution in [3.63, 3.8) is 0 Å². The molecule has 0 unspecified atom stereocenters. The summed E-state index contributed by atoms with van der Waals surface area (Å²) in [6.07, 6.45) is 0. The number of hydrogen-bond donors (Lipinski definition) is 0. The number of benzene rings is 8. The van der Waals surface area contributed by atoms with Gasteiger partial charge in [-0.05, 0) is 69.8 Å². The smallest absolute Gasteiger partial charge is 0.160 e. The van der Waals surface area contributed by atoms with Crippen LogP contribution >= 0.6 is 0 Å². The van der Waals surface area contributed by atoms with E-state index in [1.807, 2.05) is 103 Å². The summed E-state index contributed by atoms with van der Waals surface area (Å²) in [5.41, 5.74) is 16.5. The quantitative estimate of drug-likeness (QED) is 0.145. The predicted molar refractivity (Wildman–Crippen MR) is 251 cm³/mol. The van der Waals surface area contributed by atoms with E-state index < -0.39 is 0 Å². The fourth-order valence-electron chi connectivity index (χ4n) is 7.77. The third-order valence-electron chi connectivity index (χ3n) is 11.0. The van der Waals surface area contributed by atoms with Crippen LogP contribution in [0.3, 0.4) is 0 Å². The molecule has 290 valence electrons. The Kier molecular flexibility index (Phi) is 10.3. The number of nitrogens with zero attached hydrogens (tertiary/aromatic N) is 5. The molecule has 62 heavy (non-hydrogen) atoms. The third kappa shape index (κ3) is 7.92. The van der Waals surface area contributed by atoms with Gasteiger partial charge in [0.05, 0.1) is 34.4 Å². The summed E-state index contributed by atoms with van der Waals surface area (Å²) in [7, 11) is 0. The number of aromatic nitrogens is 4. The molecule has 0 aliphatic carbocycles. The van der Waals surface area contributed by atoms with E-state index in [2.05, 4.69) is 127 Å². The molecule has 8 aromatic carbocycles. The Bertz CT molecular complexity index is 3150. The van der Waals surface area contributed by atoms with E-state index in [9.17, 15) is 5.26 Å². The zero-order valence-corrected chi connectivity index (χ0v) is 33.6. The van der Waals surface area contributed by atoms with Crippen molar-refractivity contribution in [1.29, 1.82) is 5.26 Å². The summed E-state index contributed by atoms with van der Waals surface area (Å²) >= 11 is 0. The lowest BCUT2D eigenvalue weighted by molar-refractivity contribution is 1.18. The van der Waals surface area contributed by atoms with E-state index in [4.69, 9.17) is 19.9 Å². The van der Waals surface area contributed by atoms with Crippen LogP contribution in [-0.2, 0) is 0 Å². The largest absolute Gasteiger partial charge is 0.228 e. The molecule has 0 aliphatic rings. The van der Waals surface area contributed by atoms with Crippen molar-refractivity contribution >= 4 is 0 Å². The average Bonchev–Trinajstić information content (AvgIpc) is 3.37. The van der Waals surface area contributed by atoms with Crippen LogP contribution in [0.5, 0.6) is 0 Å². The molecule has 10 rings (SSSR count). The van der Waals surface area contributed by atoms with Crippen molar-refractivity contribution in [3.05, 3.63) is 230 Å². The molecule has 5 nitrogen and oxygen atoms in total. The Morgan fingerprint density at radius 2 is 0.629 bits per heavy atom. The average molecular weight is 792 g/mol. The normalized spacial score (nSPS) is 10.9. The summed E-state index contributed by atoms with van der Waals surface area (Å²) in [6.45, 7) is 0. The monoisotopic (exact) mass is 791 g/mol. The van der Waals surface area contributed by atoms with Gasteiger partial charge in [0.25, 0.3) is 0 Å². The molecule has 0 saturated carbocycles. The lowest BCUT2D eigenvalue weighted by Crippen LogP contribution is -1.97. The van der Waals surface area contributed by atoms with Crippen LogP contribution in [0.1, 0.15) is 5.56 Å². The first-order chi connectivity index (χ1) is 30.6. The maximum absolute atomic E-state index is 9.34. The zero-order valence-electron chi connectivity index (χ0n) is 33.6. The van der Waals surface area contributed by atoms with Crippen molar-refractivity contribution in [2.24, 2.45) is 0 Å². The molecular formula is C57H37N5. The van der Waals surface area contributed by atoms with Gasteiger partial charge in [0.15, 0.2) is 11.6 Å². The second kappa shape index (κ2) is 16.9. The van der Waals surface area contributed by atoms with Crippen molar-refractivity contribution in [2.75, 3.05) is 0 Å². The van der Waals surface area contributed by atoms with E-state index >= 15 is 0 Å². The van der Waals surface area contributed by atoms with Crippen LogP contribution in [-0.4, -0.2) is 19.9 Å². The number of nitriles is 1. The second-order valence-corrected chi connectivity index (χ2v) is 15.0. The zero-order chi connectivity index (χ0) is 41.7. The summed E-state index contributed by atoms with van der Waals surface area (Å²) in [5, 5.41) is 9.34. The molecule has 10 aromatic rings. The fraction of sp³-hybridized carbons (Fsp3) is 0. The molecule has 0 aliphatic heterocycles. The molecular weight excluding hydrogens is 755 g/mol. The van der Waals surface area contributed by atoms with Crippen LogP contribution < -0.4 is 0 Å². The molecule has 2 aromatic heterocycles. The van der Waals surface area contributed by atoms with Crippen molar-refractivity contribution in [3.8, 4) is 107 Å². The number of hydrogen-bond acceptors (Lipinski definition) is 5. The van der Waals surface area contributed by atoms with E-state index in [0.717, 1.165) is 89.5 Å². The Morgan fingerprint density at radius 3 is 1.19 bits per heavy atom. The van der Waals surface area contributed by atoms with Crippen LogP contribution in [0, 0.1) is 11.3 Å². The molecule has 0 atom stereocenters. The van der Waals surface area contributed by atoms with Gasteiger partial charge in [-0.2, -0.15) is 5.26 Å². The van der Waals surface area contributed by atoms with Gasteiger partial charge in [0, 0.05) is 33.4 Å². The predicted octanol–water partition coefficient (Wildman–Crippen LogP) is 14.1. The lowest BCUT2D eigenvalue weighted by Gasteiger charge is -2.14. The SMILES string of the molecule is N#Cc1ccc(-c2cccc(-c3cc(-c4ccccc4-c4cccc(-c5ccc(-c6cc(-c7ccccc7)nc(-c7ccccc7)n6)cc5)c4)nc(-c4ccccc4)n3)c2)cc1. The Labute approximate surface area is 361 Å². The highest BCUT2D eigenvalue weighted by atomic mass is 14.9. The topological polar surface area (TPSA) is 75.3 Å². The molecule has 0 saturated heterocycles. The molecule has 0 fully saturated rings. The molecule has 0 amide bonds. The standard InChI is InChI=1S/C57H37N5/c58-38-39-26-28-40(29-27-39)47-21-13-23-49(35-47)54-37-55(62-57(61-54)45-18-8-3-9-19-45)51-25-11-10-24-50(51)48-22-12-20-46(34-48)41-30-32-43(33-31-41)53-36-52(42-14-4-1-5-15-42)59-56(60-53)44-16-6-2-7-17-44/h1-37H. The molecule has 0 N–H and O–H groups in total. The Hall–Kier alpha value is -8.59. The highest BCUT2D eigenvalue weighted by molar-refractivity contribution is 5.86. The maximum Gasteiger partial charge on any atom is 0.160 e. The van der Waals surface area contributed by atoms with Crippen LogP contribution in [0.2, 0.25) is 0 Å². The first-order valence-electron chi connectivity index (χ1n) is 20.5. The Balaban J connectivity index is 1.01. The van der Waals surface area contributed by atoms with Gasteiger partial charge in [0.2, 0.25) is 0 Å². The van der Waals surface area contributed by atoms with Crippen LogP contribution in [0.4, 0.5) is 0 Å². The maximum atomic E-state index is 9.34. The van der Waals surface area contributed by atoms with Gasteiger partial charge in [-0.1, -0.05) is 188 Å². The number of rotatable bonds is 9. The summed E-state index contributed by atoms with van der Waals surface area (Å²) in [4.78, 5) is 20.3. The van der Waals surface area contributed by atoms with Crippen molar-refractivity contribution in [1.82, 2.24) is 19.9 Å². The molecule has 0 radical (unpaired) electrons. The first kappa shape index (κ1) is 37.7.